The number of carbonyl (C=O) groups is 3. The first kappa shape index (κ1) is 24.0. The van der Waals surface area contributed by atoms with Crippen LogP contribution in [0.15, 0.2) is 60.7 Å². The van der Waals surface area contributed by atoms with Gasteiger partial charge in [0, 0.05) is 0 Å². The molecule has 11 heteroatoms. The van der Waals surface area contributed by atoms with Gasteiger partial charge < -0.3 is 10.1 Å². The number of β-lactam (4-membered cyclic amide) rings is 1. The maximum atomic E-state index is 12.7. The van der Waals surface area contributed by atoms with Crippen LogP contribution in [0, 0.1) is 0 Å². The summed E-state index contributed by atoms with van der Waals surface area (Å²) in [6, 6.07) is 15.9. The molecule has 2 atom stereocenters. The second kappa shape index (κ2) is 10.2. The van der Waals surface area contributed by atoms with E-state index in [1.165, 1.54) is 0 Å². The molecule has 2 aromatic rings. The summed E-state index contributed by atoms with van der Waals surface area (Å²) in [5, 5.41) is 2.34. The second-order valence-electron chi connectivity index (χ2n) is 6.35. The zero-order valence-corrected chi connectivity index (χ0v) is 15.9. The first-order chi connectivity index (χ1) is 13.8. The number of rotatable bonds is 7. The van der Waals surface area contributed by atoms with Gasteiger partial charge in [0.05, 0.1) is 6.54 Å². The van der Waals surface area contributed by atoms with Crippen LogP contribution in [0.5, 0.6) is 0 Å². The van der Waals surface area contributed by atoms with Gasteiger partial charge in [0.25, 0.3) is 5.91 Å². The van der Waals surface area contributed by atoms with Gasteiger partial charge in [0.1, 0.15) is 12.6 Å². The standard InChI is InChI=1S/C19H18N2O7S.Na.H/c22-17(20-15-11-21(18(15)23)29(25,26)27)16(14-9-5-2-6-10-14)19(24)28-12-13-7-3-1-4-8-13;;/h1-10,15-16H,11-12H2,(H,20,22)(H,25,26,27);;. The van der Waals surface area contributed by atoms with Crippen LogP contribution in [-0.4, -0.2) is 77.2 Å². The summed E-state index contributed by atoms with van der Waals surface area (Å²) in [6.45, 7) is -0.445. The van der Waals surface area contributed by atoms with E-state index in [9.17, 15) is 22.8 Å². The van der Waals surface area contributed by atoms with Crippen LogP contribution in [0.25, 0.3) is 0 Å². The predicted molar refractivity (Wildman–Crippen MR) is 108 cm³/mol. The van der Waals surface area contributed by atoms with Crippen molar-refractivity contribution in [3.63, 3.8) is 0 Å². The molecule has 154 valence electrons. The Morgan fingerprint density at radius 1 is 1.10 bits per heavy atom. The molecular weight excluding hydrogens is 423 g/mol. The molecule has 3 rings (SSSR count). The number of amides is 2. The minimum atomic E-state index is -4.67. The van der Waals surface area contributed by atoms with Crippen molar-refractivity contribution in [3.8, 4) is 0 Å². The summed E-state index contributed by atoms with van der Waals surface area (Å²) in [5.41, 5.74) is 1.10. The fraction of sp³-hybridized carbons (Fsp3) is 0.211. The summed E-state index contributed by atoms with van der Waals surface area (Å²) in [7, 11) is -4.67. The van der Waals surface area contributed by atoms with Crippen LogP contribution in [-0.2, 0) is 36.0 Å². The van der Waals surface area contributed by atoms with Crippen LogP contribution in [0.2, 0.25) is 0 Å². The summed E-state index contributed by atoms with van der Waals surface area (Å²) in [4.78, 5) is 37.2. The van der Waals surface area contributed by atoms with E-state index in [-0.39, 0.29) is 40.5 Å². The molecule has 0 aliphatic carbocycles. The van der Waals surface area contributed by atoms with Crippen LogP contribution in [0.1, 0.15) is 17.0 Å². The van der Waals surface area contributed by atoms with E-state index in [4.69, 9.17) is 9.29 Å². The minimum absolute atomic E-state index is 0. The van der Waals surface area contributed by atoms with Gasteiger partial charge in [-0.1, -0.05) is 60.7 Å². The van der Waals surface area contributed by atoms with Gasteiger partial charge in [-0.05, 0) is 11.1 Å². The Balaban J connectivity index is 0.00000320. The van der Waals surface area contributed by atoms with Gasteiger partial charge in [-0.15, -0.1) is 0 Å². The number of esters is 1. The van der Waals surface area contributed by atoms with Crippen molar-refractivity contribution in [1.82, 2.24) is 9.62 Å². The third-order valence-electron chi connectivity index (χ3n) is 4.34. The number of ether oxygens (including phenoxy) is 1. The molecule has 0 saturated carbocycles. The molecule has 1 saturated heterocycles. The SMILES string of the molecule is O=C(NC1CN(S(=O)(=O)O)C1=O)C(C(=O)OCc1ccccc1)c1ccccc1.[NaH]. The van der Waals surface area contributed by atoms with Crippen molar-refractivity contribution in [2.75, 3.05) is 6.54 Å². The van der Waals surface area contributed by atoms with Crippen LogP contribution in [0.3, 0.4) is 0 Å². The van der Waals surface area contributed by atoms with E-state index in [2.05, 4.69) is 5.32 Å². The molecule has 2 N–H and O–H groups in total. The van der Waals surface area contributed by atoms with Gasteiger partial charge >= 0.3 is 45.8 Å². The first-order valence-electron chi connectivity index (χ1n) is 8.62. The summed E-state index contributed by atoms with van der Waals surface area (Å²) >= 11 is 0. The third-order valence-corrected chi connectivity index (χ3v) is 5.23. The zero-order valence-electron chi connectivity index (χ0n) is 15.1. The number of nitrogens with zero attached hydrogens (tertiary/aromatic N) is 1. The number of hydrogen-bond acceptors (Lipinski definition) is 6. The van der Waals surface area contributed by atoms with Crippen molar-refractivity contribution in [3.05, 3.63) is 71.8 Å². The fourth-order valence-corrected chi connectivity index (χ4v) is 3.51. The number of benzene rings is 2. The van der Waals surface area contributed by atoms with E-state index in [1.54, 1.807) is 54.6 Å². The third kappa shape index (κ3) is 5.67. The average molecular weight is 442 g/mol. The summed E-state index contributed by atoms with van der Waals surface area (Å²) < 4.78 is 36.4. The number of hydrogen-bond donors (Lipinski definition) is 2. The van der Waals surface area contributed by atoms with Crippen LogP contribution in [0.4, 0.5) is 0 Å². The molecule has 2 amide bonds. The van der Waals surface area contributed by atoms with E-state index < -0.39 is 46.6 Å². The molecule has 30 heavy (non-hydrogen) atoms. The average Bonchev–Trinajstić information content (AvgIpc) is 2.70. The Kier molecular flexibility index (Phi) is 8.16. The van der Waals surface area contributed by atoms with E-state index in [1.807, 2.05) is 6.07 Å². The van der Waals surface area contributed by atoms with E-state index >= 15 is 0 Å². The Labute approximate surface area is 195 Å². The molecule has 2 unspecified atom stereocenters. The fourth-order valence-electron chi connectivity index (χ4n) is 2.82. The molecule has 1 aliphatic rings. The zero-order chi connectivity index (χ0) is 21.0. The monoisotopic (exact) mass is 442 g/mol. The predicted octanol–water partition coefficient (Wildman–Crippen LogP) is -0.00510. The normalized spacial score (nSPS) is 16.6. The molecule has 1 fully saturated rings. The van der Waals surface area contributed by atoms with E-state index in [0.717, 1.165) is 5.56 Å². The molecule has 9 nitrogen and oxygen atoms in total. The summed E-state index contributed by atoms with van der Waals surface area (Å²) in [5.74, 6) is -3.93. The Hall–Kier alpha value is -2.24. The van der Waals surface area contributed by atoms with Gasteiger partial charge in [-0.25, -0.2) is 4.31 Å². The van der Waals surface area contributed by atoms with Crippen molar-refractivity contribution in [2.24, 2.45) is 0 Å². The Bertz CT molecular complexity index is 1020. The van der Waals surface area contributed by atoms with Crippen molar-refractivity contribution < 1.29 is 32.1 Å². The number of nitrogens with one attached hydrogen (secondary N) is 1. The molecule has 2 aromatic carbocycles. The molecule has 0 aromatic heterocycles. The van der Waals surface area contributed by atoms with Gasteiger partial charge in [-0.3, -0.25) is 18.9 Å². The number of carbonyl (C=O) groups excluding carboxylic acids is 3. The second-order valence-corrected chi connectivity index (χ2v) is 7.68. The van der Waals surface area contributed by atoms with Crippen LogP contribution >= 0.6 is 0 Å². The Morgan fingerprint density at radius 2 is 1.67 bits per heavy atom. The molecular formula is C19H19N2NaO7S. The van der Waals surface area contributed by atoms with Crippen molar-refractivity contribution in [2.45, 2.75) is 18.6 Å². The van der Waals surface area contributed by atoms with Gasteiger partial charge in [0.2, 0.25) is 5.91 Å². The Morgan fingerprint density at radius 3 is 2.20 bits per heavy atom. The molecule has 0 bridgehead atoms. The van der Waals surface area contributed by atoms with Gasteiger partial charge in [0.15, 0.2) is 5.92 Å². The first-order valence-corrected chi connectivity index (χ1v) is 10.0. The summed E-state index contributed by atoms with van der Waals surface area (Å²) in [6.07, 6.45) is 0. The molecule has 1 heterocycles. The van der Waals surface area contributed by atoms with Gasteiger partial charge in [-0.2, -0.15) is 8.42 Å². The van der Waals surface area contributed by atoms with Crippen molar-refractivity contribution >= 4 is 57.6 Å². The maximum absolute atomic E-state index is 12.7. The quantitative estimate of drug-likeness (QED) is 0.203. The van der Waals surface area contributed by atoms with Crippen LogP contribution < -0.4 is 5.32 Å². The van der Waals surface area contributed by atoms with Crippen molar-refractivity contribution in [1.29, 1.82) is 0 Å². The van der Waals surface area contributed by atoms with E-state index in [0.29, 0.717) is 5.56 Å². The molecule has 0 radical (unpaired) electrons. The molecule has 0 spiro atoms. The topological polar surface area (TPSA) is 130 Å². The molecule has 1 aliphatic heterocycles.